The van der Waals surface area contributed by atoms with Gasteiger partial charge in [0, 0.05) is 30.6 Å². The Morgan fingerprint density at radius 2 is 2.21 bits per heavy atom. The summed E-state index contributed by atoms with van der Waals surface area (Å²) in [6.07, 6.45) is 2.05. The van der Waals surface area contributed by atoms with Gasteiger partial charge in [0.2, 0.25) is 0 Å². The third-order valence-corrected chi connectivity index (χ3v) is 3.85. The van der Waals surface area contributed by atoms with Crippen molar-refractivity contribution in [3.63, 3.8) is 0 Å². The van der Waals surface area contributed by atoms with Gasteiger partial charge in [0.05, 0.1) is 19.3 Å². The van der Waals surface area contributed by atoms with Crippen molar-refractivity contribution < 1.29 is 19.3 Å². The summed E-state index contributed by atoms with van der Waals surface area (Å²) >= 11 is 0. The molecule has 4 heteroatoms. The predicted octanol–water partition coefficient (Wildman–Crippen LogP) is 2.23. The molecule has 3 unspecified atom stereocenters. The summed E-state index contributed by atoms with van der Waals surface area (Å²) in [5, 5.41) is 9.79. The Hall–Kier alpha value is -1.26. The van der Waals surface area contributed by atoms with Crippen molar-refractivity contribution in [2.75, 3.05) is 13.7 Å². The average molecular weight is 264 g/mol. The molecule has 1 saturated heterocycles. The first-order valence-electron chi connectivity index (χ1n) is 6.84. The summed E-state index contributed by atoms with van der Waals surface area (Å²) in [4.78, 5) is 0. The van der Waals surface area contributed by atoms with Crippen LogP contribution in [0, 0.1) is 0 Å². The quantitative estimate of drug-likeness (QED) is 0.890. The molecule has 2 aliphatic rings. The normalized spacial score (nSPS) is 29.7. The van der Waals surface area contributed by atoms with Crippen LogP contribution < -0.4 is 9.47 Å². The SMILES string of the molecule is COc1cc2c(cc1C1CC(O)CCO1)OC(C)C2. The van der Waals surface area contributed by atoms with Crippen LogP contribution in [0.5, 0.6) is 11.5 Å². The van der Waals surface area contributed by atoms with Crippen molar-refractivity contribution in [3.05, 3.63) is 23.3 Å². The first-order valence-corrected chi connectivity index (χ1v) is 6.84. The number of ether oxygens (including phenoxy) is 3. The average Bonchev–Trinajstić information content (AvgIpc) is 2.76. The highest BCUT2D eigenvalue weighted by atomic mass is 16.5. The molecule has 2 heterocycles. The molecular weight excluding hydrogens is 244 g/mol. The summed E-state index contributed by atoms with van der Waals surface area (Å²) in [6.45, 7) is 2.65. The summed E-state index contributed by atoms with van der Waals surface area (Å²) in [6, 6.07) is 4.05. The molecule has 0 aromatic heterocycles. The van der Waals surface area contributed by atoms with E-state index < -0.39 is 0 Å². The maximum Gasteiger partial charge on any atom is 0.125 e. The van der Waals surface area contributed by atoms with Crippen LogP contribution in [0.1, 0.15) is 37.0 Å². The molecule has 0 bridgehead atoms. The van der Waals surface area contributed by atoms with Gasteiger partial charge in [-0.2, -0.15) is 0 Å². The van der Waals surface area contributed by atoms with Crippen molar-refractivity contribution in [1.82, 2.24) is 0 Å². The maximum absolute atomic E-state index is 9.79. The Kier molecular flexibility index (Phi) is 3.37. The van der Waals surface area contributed by atoms with E-state index in [4.69, 9.17) is 14.2 Å². The van der Waals surface area contributed by atoms with Gasteiger partial charge in [-0.05, 0) is 25.5 Å². The summed E-state index contributed by atoms with van der Waals surface area (Å²) in [5.41, 5.74) is 2.17. The number of benzene rings is 1. The van der Waals surface area contributed by atoms with Gasteiger partial charge < -0.3 is 19.3 Å². The Labute approximate surface area is 113 Å². The Bertz CT molecular complexity index is 471. The molecule has 4 nitrogen and oxygen atoms in total. The summed E-state index contributed by atoms with van der Waals surface area (Å²) in [7, 11) is 1.67. The van der Waals surface area contributed by atoms with Crippen LogP contribution in [-0.2, 0) is 11.2 Å². The fourth-order valence-electron chi connectivity index (χ4n) is 2.88. The number of aliphatic hydroxyl groups is 1. The minimum atomic E-state index is -0.295. The topological polar surface area (TPSA) is 47.9 Å². The molecule has 19 heavy (non-hydrogen) atoms. The Morgan fingerprint density at radius 1 is 1.37 bits per heavy atom. The molecule has 1 aromatic carbocycles. The molecular formula is C15H20O4. The van der Waals surface area contributed by atoms with Crippen LogP contribution in [0.2, 0.25) is 0 Å². The standard InChI is InChI=1S/C15H20O4/c1-9-5-10-6-14(17-2)12(8-13(10)19-9)15-7-11(16)3-4-18-15/h6,8-9,11,15-16H,3-5,7H2,1-2H3. The van der Waals surface area contributed by atoms with E-state index in [-0.39, 0.29) is 18.3 Å². The number of methoxy groups -OCH3 is 1. The lowest BCUT2D eigenvalue weighted by Crippen LogP contribution is -2.23. The van der Waals surface area contributed by atoms with Gasteiger partial charge in [0.1, 0.15) is 17.6 Å². The number of rotatable bonds is 2. The molecule has 0 spiro atoms. The second-order valence-electron chi connectivity index (χ2n) is 5.37. The van der Waals surface area contributed by atoms with E-state index in [0.717, 1.165) is 23.5 Å². The highest BCUT2D eigenvalue weighted by molar-refractivity contribution is 5.49. The summed E-state index contributed by atoms with van der Waals surface area (Å²) < 4.78 is 17.0. The molecule has 104 valence electrons. The van der Waals surface area contributed by atoms with Crippen molar-refractivity contribution in [3.8, 4) is 11.5 Å². The fraction of sp³-hybridized carbons (Fsp3) is 0.600. The van der Waals surface area contributed by atoms with Gasteiger partial charge in [0.25, 0.3) is 0 Å². The van der Waals surface area contributed by atoms with Crippen LogP contribution in [-0.4, -0.2) is 31.0 Å². The lowest BCUT2D eigenvalue weighted by molar-refractivity contribution is -0.0456. The molecule has 1 aromatic rings. The van der Waals surface area contributed by atoms with Gasteiger partial charge in [-0.1, -0.05) is 0 Å². The maximum atomic E-state index is 9.79. The van der Waals surface area contributed by atoms with Crippen LogP contribution in [0.3, 0.4) is 0 Å². The van der Waals surface area contributed by atoms with Crippen molar-refractivity contribution in [2.45, 2.75) is 44.5 Å². The van der Waals surface area contributed by atoms with Crippen LogP contribution in [0.4, 0.5) is 0 Å². The molecule has 3 rings (SSSR count). The fourth-order valence-corrected chi connectivity index (χ4v) is 2.88. The second-order valence-corrected chi connectivity index (χ2v) is 5.37. The van der Waals surface area contributed by atoms with Gasteiger partial charge in [-0.15, -0.1) is 0 Å². The zero-order valence-corrected chi connectivity index (χ0v) is 11.4. The van der Waals surface area contributed by atoms with Crippen LogP contribution in [0.25, 0.3) is 0 Å². The lowest BCUT2D eigenvalue weighted by atomic mass is 9.96. The molecule has 0 saturated carbocycles. The molecule has 2 aliphatic heterocycles. The lowest BCUT2D eigenvalue weighted by Gasteiger charge is -2.28. The van der Waals surface area contributed by atoms with E-state index in [9.17, 15) is 5.11 Å². The molecule has 1 fully saturated rings. The number of hydrogen-bond acceptors (Lipinski definition) is 4. The van der Waals surface area contributed by atoms with E-state index in [2.05, 4.69) is 6.92 Å². The predicted molar refractivity (Wildman–Crippen MR) is 70.7 cm³/mol. The first-order chi connectivity index (χ1) is 9.17. The Morgan fingerprint density at radius 3 is 2.95 bits per heavy atom. The van der Waals surface area contributed by atoms with Gasteiger partial charge in [0.15, 0.2) is 0 Å². The van der Waals surface area contributed by atoms with Crippen molar-refractivity contribution in [2.24, 2.45) is 0 Å². The van der Waals surface area contributed by atoms with Gasteiger partial charge in [-0.25, -0.2) is 0 Å². The highest BCUT2D eigenvalue weighted by Crippen LogP contribution is 2.40. The van der Waals surface area contributed by atoms with E-state index >= 15 is 0 Å². The zero-order chi connectivity index (χ0) is 13.4. The largest absolute Gasteiger partial charge is 0.496 e. The minimum Gasteiger partial charge on any atom is -0.496 e. The van der Waals surface area contributed by atoms with Gasteiger partial charge >= 0.3 is 0 Å². The molecule has 0 amide bonds. The molecule has 1 N–H and O–H groups in total. The summed E-state index contributed by atoms with van der Waals surface area (Å²) in [5.74, 6) is 1.75. The number of aliphatic hydroxyl groups excluding tert-OH is 1. The third-order valence-electron chi connectivity index (χ3n) is 3.85. The zero-order valence-electron chi connectivity index (χ0n) is 11.4. The molecule has 3 atom stereocenters. The van der Waals surface area contributed by atoms with E-state index in [1.54, 1.807) is 7.11 Å². The van der Waals surface area contributed by atoms with Crippen molar-refractivity contribution in [1.29, 1.82) is 0 Å². The number of hydrogen-bond donors (Lipinski definition) is 1. The highest BCUT2D eigenvalue weighted by Gasteiger charge is 2.28. The van der Waals surface area contributed by atoms with Crippen LogP contribution >= 0.6 is 0 Å². The molecule has 0 aliphatic carbocycles. The van der Waals surface area contributed by atoms with Crippen molar-refractivity contribution >= 4 is 0 Å². The van der Waals surface area contributed by atoms with Gasteiger partial charge in [-0.3, -0.25) is 0 Å². The Balaban J connectivity index is 1.94. The number of fused-ring (bicyclic) bond motifs is 1. The minimum absolute atomic E-state index is 0.108. The van der Waals surface area contributed by atoms with E-state index in [1.165, 1.54) is 5.56 Å². The van der Waals surface area contributed by atoms with E-state index in [0.29, 0.717) is 19.4 Å². The second kappa shape index (κ2) is 5.02. The molecule has 0 radical (unpaired) electrons. The van der Waals surface area contributed by atoms with E-state index in [1.807, 2.05) is 12.1 Å². The third kappa shape index (κ3) is 2.42. The monoisotopic (exact) mass is 264 g/mol. The first kappa shape index (κ1) is 12.8. The smallest absolute Gasteiger partial charge is 0.125 e. The van der Waals surface area contributed by atoms with Crippen LogP contribution in [0.15, 0.2) is 12.1 Å².